The molecule has 3 rings (SSSR count). The summed E-state index contributed by atoms with van der Waals surface area (Å²) in [7, 11) is 0. The van der Waals surface area contributed by atoms with E-state index in [1.807, 2.05) is 18.2 Å². The van der Waals surface area contributed by atoms with Crippen LogP contribution >= 0.6 is 22.7 Å². The van der Waals surface area contributed by atoms with Gasteiger partial charge in [-0.3, -0.25) is 4.79 Å². The van der Waals surface area contributed by atoms with E-state index in [0.29, 0.717) is 23.2 Å². The Bertz CT molecular complexity index is 867. The van der Waals surface area contributed by atoms with Crippen LogP contribution in [0.3, 0.4) is 0 Å². The van der Waals surface area contributed by atoms with Crippen LogP contribution in [-0.4, -0.2) is 27.4 Å². The highest BCUT2D eigenvalue weighted by Gasteiger charge is 2.17. The molecule has 3 heterocycles. The van der Waals surface area contributed by atoms with Gasteiger partial charge in [0.05, 0.1) is 10.7 Å². The Labute approximate surface area is 160 Å². The zero-order valence-electron chi connectivity index (χ0n) is 14.9. The fraction of sp³-hybridized carbons (Fsp3) is 0.333. The summed E-state index contributed by atoms with van der Waals surface area (Å²) < 4.78 is 0. The molecule has 2 N–H and O–H groups in total. The third-order valence-corrected chi connectivity index (χ3v) is 5.25. The lowest BCUT2D eigenvalue weighted by Crippen LogP contribution is -2.26. The van der Waals surface area contributed by atoms with Crippen LogP contribution in [-0.2, 0) is 11.8 Å². The summed E-state index contributed by atoms with van der Waals surface area (Å²) >= 11 is 3.01. The van der Waals surface area contributed by atoms with Crippen molar-refractivity contribution in [1.82, 2.24) is 20.3 Å². The molecule has 0 unspecified atom stereocenters. The minimum atomic E-state index is -0.178. The van der Waals surface area contributed by atoms with Gasteiger partial charge in [0.1, 0.15) is 11.5 Å². The highest BCUT2D eigenvalue weighted by atomic mass is 32.1. The van der Waals surface area contributed by atoms with Crippen LogP contribution in [0.15, 0.2) is 35.2 Å². The molecular weight excluding hydrogens is 366 g/mol. The second kappa shape index (κ2) is 7.92. The van der Waals surface area contributed by atoms with E-state index >= 15 is 0 Å². The van der Waals surface area contributed by atoms with Crippen LogP contribution < -0.4 is 10.6 Å². The van der Waals surface area contributed by atoms with E-state index in [9.17, 15) is 4.79 Å². The van der Waals surface area contributed by atoms with Crippen LogP contribution in [0.25, 0.3) is 0 Å². The summed E-state index contributed by atoms with van der Waals surface area (Å²) in [4.78, 5) is 25.4. The molecule has 6 nitrogen and oxygen atoms in total. The van der Waals surface area contributed by atoms with Crippen molar-refractivity contribution in [2.45, 2.75) is 32.6 Å². The summed E-state index contributed by atoms with van der Waals surface area (Å²) in [6.07, 6.45) is 2.42. The molecule has 3 aromatic heterocycles. The second-order valence-electron chi connectivity index (χ2n) is 6.76. The summed E-state index contributed by atoms with van der Waals surface area (Å²) in [6, 6.07) is 5.58. The van der Waals surface area contributed by atoms with Crippen molar-refractivity contribution in [2.24, 2.45) is 0 Å². The Morgan fingerprint density at radius 1 is 1.15 bits per heavy atom. The van der Waals surface area contributed by atoms with Gasteiger partial charge in [0.25, 0.3) is 5.91 Å². The fourth-order valence-electron chi connectivity index (χ4n) is 2.13. The highest BCUT2D eigenvalue weighted by molar-refractivity contribution is 7.14. The van der Waals surface area contributed by atoms with Crippen molar-refractivity contribution in [3.63, 3.8) is 0 Å². The van der Waals surface area contributed by atoms with Gasteiger partial charge in [0.15, 0.2) is 5.13 Å². The van der Waals surface area contributed by atoms with Crippen molar-refractivity contribution in [3.8, 4) is 0 Å². The van der Waals surface area contributed by atoms with Gasteiger partial charge in [-0.05, 0) is 12.1 Å². The van der Waals surface area contributed by atoms with E-state index in [1.54, 1.807) is 22.9 Å². The minimum Gasteiger partial charge on any atom is -0.350 e. The first-order valence-corrected chi connectivity index (χ1v) is 10.0. The number of amides is 1. The van der Waals surface area contributed by atoms with E-state index in [-0.39, 0.29) is 11.3 Å². The molecule has 0 aromatic carbocycles. The van der Waals surface area contributed by atoms with Gasteiger partial charge in [-0.15, -0.1) is 22.7 Å². The maximum atomic E-state index is 12.2. The van der Waals surface area contributed by atoms with Crippen molar-refractivity contribution in [2.75, 3.05) is 11.9 Å². The molecule has 0 aliphatic carbocycles. The van der Waals surface area contributed by atoms with Crippen molar-refractivity contribution in [1.29, 1.82) is 0 Å². The number of carbonyl (C=O) groups excluding carboxylic acids is 1. The maximum absolute atomic E-state index is 12.2. The molecule has 0 aliphatic heterocycles. The average molecular weight is 388 g/mol. The van der Waals surface area contributed by atoms with E-state index in [1.165, 1.54) is 11.3 Å². The number of nitrogens with zero attached hydrogens (tertiary/aromatic N) is 3. The first-order valence-electron chi connectivity index (χ1n) is 8.28. The number of hydrogen-bond acceptors (Lipinski definition) is 7. The predicted molar refractivity (Wildman–Crippen MR) is 106 cm³/mol. The molecule has 8 heteroatoms. The molecule has 136 valence electrons. The molecular formula is C18H21N5OS2. The smallest absolute Gasteiger partial charge is 0.270 e. The second-order valence-corrected chi connectivity index (χ2v) is 8.56. The van der Waals surface area contributed by atoms with Crippen LogP contribution in [0.1, 0.15) is 42.0 Å². The van der Waals surface area contributed by atoms with Gasteiger partial charge >= 0.3 is 0 Å². The molecule has 26 heavy (non-hydrogen) atoms. The first kappa shape index (κ1) is 18.5. The van der Waals surface area contributed by atoms with Gasteiger partial charge in [-0.2, -0.15) is 0 Å². The summed E-state index contributed by atoms with van der Waals surface area (Å²) in [5, 5.41) is 11.5. The number of hydrogen-bond donors (Lipinski definition) is 2. The summed E-state index contributed by atoms with van der Waals surface area (Å²) in [5.41, 5.74) is 1.55. The number of rotatable bonds is 6. The number of anilines is 2. The topological polar surface area (TPSA) is 79.8 Å². The molecule has 0 fully saturated rings. The third-order valence-electron chi connectivity index (χ3n) is 3.58. The van der Waals surface area contributed by atoms with Crippen LogP contribution in [0.5, 0.6) is 0 Å². The van der Waals surface area contributed by atoms with E-state index in [0.717, 1.165) is 17.1 Å². The average Bonchev–Trinajstić information content (AvgIpc) is 3.25. The van der Waals surface area contributed by atoms with E-state index < -0.39 is 0 Å². The zero-order valence-corrected chi connectivity index (χ0v) is 16.6. The lowest BCUT2D eigenvalue weighted by molar-refractivity contribution is 0.0950. The van der Waals surface area contributed by atoms with Crippen molar-refractivity contribution in [3.05, 3.63) is 51.6 Å². The van der Waals surface area contributed by atoms with E-state index in [4.69, 9.17) is 0 Å². The monoisotopic (exact) mass is 387 g/mol. The Hall–Kier alpha value is -2.32. The lowest BCUT2D eigenvalue weighted by Gasteiger charge is -2.14. The van der Waals surface area contributed by atoms with E-state index in [2.05, 4.69) is 51.7 Å². The SMILES string of the molecule is CC(C)(C)c1csc(CCNC(=O)c2csc(Nc3ccccn3)n2)n1. The largest absolute Gasteiger partial charge is 0.350 e. The third kappa shape index (κ3) is 4.86. The van der Waals surface area contributed by atoms with Gasteiger partial charge in [-0.1, -0.05) is 26.8 Å². The Kier molecular flexibility index (Phi) is 5.63. The Balaban J connectivity index is 1.50. The minimum absolute atomic E-state index is 0.0512. The van der Waals surface area contributed by atoms with Crippen LogP contribution in [0.4, 0.5) is 10.9 Å². The van der Waals surface area contributed by atoms with Gasteiger partial charge < -0.3 is 10.6 Å². The standard InChI is InChI=1S/C18H21N5OS2/c1-18(2,3)13-11-25-15(22-13)7-9-20-16(24)12-10-26-17(21-12)23-14-6-4-5-8-19-14/h4-6,8,10-11H,7,9H2,1-3H3,(H,20,24)(H,19,21,23). The predicted octanol–water partition coefficient (Wildman–Crippen LogP) is 4.01. The maximum Gasteiger partial charge on any atom is 0.270 e. The number of thiazole rings is 2. The number of carbonyl (C=O) groups is 1. The number of aromatic nitrogens is 3. The normalized spacial score (nSPS) is 11.3. The molecule has 0 spiro atoms. The lowest BCUT2D eigenvalue weighted by atomic mass is 9.93. The van der Waals surface area contributed by atoms with Gasteiger partial charge in [0, 0.05) is 35.3 Å². The van der Waals surface area contributed by atoms with Gasteiger partial charge in [0.2, 0.25) is 0 Å². The fourth-order valence-corrected chi connectivity index (χ4v) is 3.85. The molecule has 0 saturated carbocycles. The van der Waals surface area contributed by atoms with Crippen LogP contribution in [0.2, 0.25) is 0 Å². The molecule has 1 amide bonds. The quantitative estimate of drug-likeness (QED) is 0.668. The Morgan fingerprint density at radius 2 is 2.00 bits per heavy atom. The zero-order chi connectivity index (χ0) is 18.6. The molecule has 0 saturated heterocycles. The van der Waals surface area contributed by atoms with Crippen molar-refractivity contribution >= 4 is 39.5 Å². The van der Waals surface area contributed by atoms with Crippen LogP contribution in [0, 0.1) is 0 Å². The van der Waals surface area contributed by atoms with Crippen molar-refractivity contribution < 1.29 is 4.79 Å². The number of nitrogens with one attached hydrogen (secondary N) is 2. The Morgan fingerprint density at radius 3 is 2.69 bits per heavy atom. The first-order chi connectivity index (χ1) is 12.4. The molecule has 3 aromatic rings. The molecule has 0 aliphatic rings. The highest BCUT2D eigenvalue weighted by Crippen LogP contribution is 2.24. The summed E-state index contributed by atoms with van der Waals surface area (Å²) in [5.74, 6) is 0.523. The molecule has 0 radical (unpaired) electrons. The molecule has 0 atom stereocenters. The van der Waals surface area contributed by atoms with Gasteiger partial charge in [-0.25, -0.2) is 15.0 Å². The number of pyridine rings is 1. The molecule has 0 bridgehead atoms. The summed E-state index contributed by atoms with van der Waals surface area (Å²) in [6.45, 7) is 6.97.